The summed E-state index contributed by atoms with van der Waals surface area (Å²) in [6, 6.07) is 0. The molecule has 0 amide bonds. The van der Waals surface area contributed by atoms with E-state index < -0.39 is 37.7 Å². The van der Waals surface area contributed by atoms with Gasteiger partial charge in [-0.25, -0.2) is 0 Å². The van der Waals surface area contributed by atoms with Crippen LogP contribution in [-0.2, 0) is 43.7 Å². The SMILES string of the molecule is O=S(=O)(O)OC(OS(=O)(=O)O)OS(=O)(=O)O. The van der Waals surface area contributed by atoms with E-state index >= 15 is 0 Å². The van der Waals surface area contributed by atoms with Gasteiger partial charge >= 0.3 is 37.7 Å². The molecule has 98 valence electrons. The fourth-order valence-electron chi connectivity index (χ4n) is 0.346. The molecule has 0 atom stereocenters. The highest BCUT2D eigenvalue weighted by atomic mass is 32.3. The van der Waals surface area contributed by atoms with Gasteiger partial charge in [-0.05, 0) is 0 Å². The van der Waals surface area contributed by atoms with E-state index in [1.165, 1.54) is 0 Å². The zero-order valence-electron chi connectivity index (χ0n) is 6.82. The molecule has 0 fully saturated rings. The van der Waals surface area contributed by atoms with Crippen LogP contribution in [0.4, 0.5) is 0 Å². The quantitative estimate of drug-likeness (QED) is 0.352. The maximum Gasteiger partial charge on any atom is 0.401 e. The largest absolute Gasteiger partial charge is 0.401 e. The monoisotopic (exact) mass is 304 g/mol. The van der Waals surface area contributed by atoms with Crippen molar-refractivity contribution in [2.24, 2.45) is 0 Å². The Balaban J connectivity index is 4.93. The van der Waals surface area contributed by atoms with Crippen LogP contribution in [0, 0.1) is 0 Å². The lowest BCUT2D eigenvalue weighted by molar-refractivity contribution is -0.141. The van der Waals surface area contributed by atoms with Gasteiger partial charge in [-0.15, -0.1) is 0 Å². The highest BCUT2D eigenvalue weighted by Crippen LogP contribution is 2.07. The summed E-state index contributed by atoms with van der Waals surface area (Å²) < 4.78 is 93.8. The predicted octanol–water partition coefficient (Wildman–Crippen LogP) is -2.27. The van der Waals surface area contributed by atoms with Crippen LogP contribution < -0.4 is 0 Å². The molecule has 0 aliphatic rings. The Bertz CT molecular complexity index is 436. The first-order valence-electron chi connectivity index (χ1n) is 2.75. The van der Waals surface area contributed by atoms with Crippen molar-refractivity contribution in [2.75, 3.05) is 0 Å². The van der Waals surface area contributed by atoms with Crippen molar-refractivity contribution in [3.63, 3.8) is 0 Å². The maximum atomic E-state index is 10.0. The van der Waals surface area contributed by atoms with E-state index in [0.717, 1.165) is 0 Å². The average Bonchev–Trinajstić information content (AvgIpc) is 1.70. The minimum absolute atomic E-state index is 3.15. The Morgan fingerprint density at radius 1 is 0.625 bits per heavy atom. The third-order valence-electron chi connectivity index (χ3n) is 0.601. The van der Waals surface area contributed by atoms with Crippen LogP contribution in [0.3, 0.4) is 0 Å². The fraction of sp³-hybridized carbons (Fsp3) is 1.00. The zero-order chi connectivity index (χ0) is 13.2. The van der Waals surface area contributed by atoms with Crippen LogP contribution in [0.15, 0.2) is 0 Å². The third-order valence-corrected chi connectivity index (χ3v) is 1.80. The molecule has 0 saturated carbocycles. The van der Waals surface area contributed by atoms with Crippen LogP contribution in [0.2, 0.25) is 0 Å². The van der Waals surface area contributed by atoms with Crippen molar-refractivity contribution in [1.29, 1.82) is 0 Å². The first-order chi connectivity index (χ1) is 6.79. The molecule has 0 aromatic rings. The van der Waals surface area contributed by atoms with Gasteiger partial charge in [0.25, 0.3) is 0 Å². The summed E-state index contributed by atoms with van der Waals surface area (Å²) in [7, 11) is -16.1. The van der Waals surface area contributed by atoms with Crippen molar-refractivity contribution in [1.82, 2.24) is 0 Å². The molecule has 0 aromatic carbocycles. The minimum atomic E-state index is -5.37. The highest BCUT2D eigenvalue weighted by Gasteiger charge is 2.29. The maximum absolute atomic E-state index is 10.0. The standard InChI is InChI=1S/CH4O12S3/c2-14(3,4)11-1(12-15(5,6)7)13-16(8,9)10/h1H,(H,2,3,4)(H,5,6,7)(H,8,9,10). The van der Waals surface area contributed by atoms with Gasteiger partial charge in [-0.3, -0.25) is 13.7 Å². The summed E-state index contributed by atoms with van der Waals surface area (Å²) in [5.41, 5.74) is 0. The molecule has 0 saturated heterocycles. The van der Waals surface area contributed by atoms with Crippen molar-refractivity contribution in [3.05, 3.63) is 0 Å². The van der Waals surface area contributed by atoms with Crippen molar-refractivity contribution < 1.29 is 51.5 Å². The zero-order valence-corrected chi connectivity index (χ0v) is 9.27. The molecule has 0 aromatic heterocycles. The lowest BCUT2D eigenvalue weighted by atomic mass is 11.4. The predicted molar refractivity (Wildman–Crippen MR) is 41.7 cm³/mol. The molecule has 0 heterocycles. The van der Waals surface area contributed by atoms with Crippen molar-refractivity contribution >= 4 is 31.2 Å². The summed E-state index contributed by atoms with van der Waals surface area (Å²) in [4.78, 5) is 0. The van der Waals surface area contributed by atoms with E-state index in [4.69, 9.17) is 13.7 Å². The molecule has 3 N–H and O–H groups in total. The molecule has 0 spiro atoms. The molecule has 12 nitrogen and oxygen atoms in total. The van der Waals surface area contributed by atoms with Gasteiger partial charge in [-0.2, -0.15) is 37.8 Å². The van der Waals surface area contributed by atoms with E-state index in [0.29, 0.717) is 0 Å². The third kappa shape index (κ3) is 10.1. The van der Waals surface area contributed by atoms with Crippen LogP contribution >= 0.6 is 0 Å². The normalized spacial score (nSPS) is 14.2. The second-order valence-corrected chi connectivity index (χ2v) is 5.00. The number of rotatable bonds is 6. The Labute approximate surface area is 89.6 Å². The van der Waals surface area contributed by atoms with Crippen molar-refractivity contribution in [2.45, 2.75) is 6.48 Å². The van der Waals surface area contributed by atoms with Crippen LogP contribution in [0.25, 0.3) is 0 Å². The fourth-order valence-corrected chi connectivity index (χ4v) is 1.33. The lowest BCUT2D eigenvalue weighted by Crippen LogP contribution is -2.29. The molecule has 15 heteroatoms. The minimum Gasteiger partial charge on any atom is -0.263 e. The van der Waals surface area contributed by atoms with Crippen molar-refractivity contribution in [3.8, 4) is 0 Å². The molecule has 0 bridgehead atoms. The van der Waals surface area contributed by atoms with Crippen LogP contribution in [0.1, 0.15) is 0 Å². The first kappa shape index (κ1) is 15.6. The summed E-state index contributed by atoms with van der Waals surface area (Å²) in [6.07, 6.45) is 0. The van der Waals surface area contributed by atoms with Gasteiger partial charge in [0.1, 0.15) is 0 Å². The van der Waals surface area contributed by atoms with E-state index in [-0.39, 0.29) is 0 Å². The second kappa shape index (κ2) is 4.85. The summed E-state index contributed by atoms with van der Waals surface area (Å²) in [6.45, 7) is -3.15. The Morgan fingerprint density at radius 3 is 0.938 bits per heavy atom. The van der Waals surface area contributed by atoms with Crippen LogP contribution in [0.5, 0.6) is 0 Å². The summed E-state index contributed by atoms with van der Waals surface area (Å²) in [5.74, 6) is 0. The molecule has 0 radical (unpaired) electrons. The summed E-state index contributed by atoms with van der Waals surface area (Å²) in [5, 5.41) is 0. The topological polar surface area (TPSA) is 191 Å². The van der Waals surface area contributed by atoms with E-state index in [1.807, 2.05) is 0 Å². The average molecular weight is 304 g/mol. The van der Waals surface area contributed by atoms with Gasteiger partial charge in [-0.1, -0.05) is 0 Å². The van der Waals surface area contributed by atoms with E-state index in [9.17, 15) is 25.3 Å². The van der Waals surface area contributed by atoms with Gasteiger partial charge < -0.3 is 0 Å². The van der Waals surface area contributed by atoms with E-state index in [1.54, 1.807) is 0 Å². The molecule has 0 unspecified atom stereocenters. The Hall–Kier alpha value is -0.390. The smallest absolute Gasteiger partial charge is 0.263 e. The lowest BCUT2D eigenvalue weighted by Gasteiger charge is -2.11. The molecule has 0 aliphatic heterocycles. The van der Waals surface area contributed by atoms with E-state index in [2.05, 4.69) is 12.5 Å². The number of hydrogen-bond donors (Lipinski definition) is 3. The van der Waals surface area contributed by atoms with Crippen LogP contribution in [-0.4, -0.2) is 45.4 Å². The summed E-state index contributed by atoms with van der Waals surface area (Å²) >= 11 is 0. The van der Waals surface area contributed by atoms with Gasteiger partial charge in [0.05, 0.1) is 0 Å². The Kier molecular flexibility index (Phi) is 4.74. The molecular formula is CH4O12S3. The molecule has 0 aliphatic carbocycles. The first-order valence-corrected chi connectivity index (χ1v) is 6.85. The molecule has 16 heavy (non-hydrogen) atoms. The molecular weight excluding hydrogens is 300 g/mol. The highest BCUT2D eigenvalue weighted by molar-refractivity contribution is 7.82. The second-order valence-electron chi connectivity index (χ2n) is 1.86. The van der Waals surface area contributed by atoms with Gasteiger partial charge in [0.15, 0.2) is 0 Å². The molecule has 0 rings (SSSR count). The Morgan fingerprint density at radius 2 is 0.812 bits per heavy atom. The number of hydrogen-bond acceptors (Lipinski definition) is 9. The van der Waals surface area contributed by atoms with Gasteiger partial charge in [0.2, 0.25) is 0 Å². The van der Waals surface area contributed by atoms with Gasteiger partial charge in [0, 0.05) is 0 Å².